The van der Waals surface area contributed by atoms with Crippen molar-refractivity contribution >= 4 is 23.7 Å². The molecule has 0 spiro atoms. The van der Waals surface area contributed by atoms with Gasteiger partial charge in [-0.2, -0.15) is 0 Å². The summed E-state index contributed by atoms with van der Waals surface area (Å²) in [6.45, 7) is 7.70. The fourth-order valence-electron chi connectivity index (χ4n) is 2.61. The summed E-state index contributed by atoms with van der Waals surface area (Å²) in [5, 5.41) is 10.1. The molecule has 0 heterocycles. The number of ether oxygens (including phenoxy) is 1. The monoisotopic (exact) mass is 343 g/mol. The first-order valence-electron chi connectivity index (χ1n) is 8.52. The van der Waals surface area contributed by atoms with Crippen molar-refractivity contribution in [2.24, 2.45) is 10.4 Å². The topological polar surface area (TPSA) is 76.0 Å². The number of carbonyl (C=O) groups excluding carboxylic acids is 2. The molecule has 2 rings (SSSR count). The maximum absolute atomic E-state index is 12.1. The van der Waals surface area contributed by atoms with Gasteiger partial charge in [-0.3, -0.25) is 9.79 Å². The largest absolute Gasteiger partial charge is 0.511 e. The van der Waals surface area contributed by atoms with Crippen molar-refractivity contribution in [2.45, 2.75) is 53.1 Å². The molecule has 25 heavy (non-hydrogen) atoms. The molecular formula is C20H25NO4. The molecule has 1 atom stereocenters. The van der Waals surface area contributed by atoms with E-state index in [-0.39, 0.29) is 34.6 Å². The van der Waals surface area contributed by atoms with E-state index in [9.17, 15) is 14.7 Å². The van der Waals surface area contributed by atoms with Gasteiger partial charge in [-0.25, -0.2) is 4.79 Å². The van der Waals surface area contributed by atoms with Gasteiger partial charge in [0.1, 0.15) is 5.76 Å². The number of hydrogen-bond donors (Lipinski definition) is 1. The number of nitrogens with zero attached hydrogens (tertiary/aromatic N) is 1. The summed E-state index contributed by atoms with van der Waals surface area (Å²) in [5.41, 5.74) is 1.09. The Morgan fingerprint density at radius 3 is 2.52 bits per heavy atom. The summed E-state index contributed by atoms with van der Waals surface area (Å²) >= 11 is 0. The van der Waals surface area contributed by atoms with Gasteiger partial charge in [0.15, 0.2) is 5.78 Å². The Morgan fingerprint density at radius 1 is 1.32 bits per heavy atom. The number of aliphatic hydroxyl groups excluding tert-OH is 1. The average molecular weight is 343 g/mol. The molecule has 1 aromatic rings. The molecule has 0 amide bonds. The molecule has 1 aliphatic rings. The Bertz CT molecular complexity index is 714. The standard InChI is InChI=1S/C20H25NO4/c1-5-13(2)25-19(24)14-6-8-15(9-7-14)21-12-16-17(22)10-20(3,4)11-18(16)23/h6-9,12-13,22H,5,10-11H2,1-4H3. The van der Waals surface area contributed by atoms with Crippen LogP contribution in [0.5, 0.6) is 0 Å². The molecule has 0 fully saturated rings. The summed E-state index contributed by atoms with van der Waals surface area (Å²) in [6.07, 6.45) is 2.89. The number of ketones is 1. The van der Waals surface area contributed by atoms with Crippen LogP contribution >= 0.6 is 0 Å². The zero-order chi connectivity index (χ0) is 18.6. The van der Waals surface area contributed by atoms with Gasteiger partial charge in [0.2, 0.25) is 0 Å². The van der Waals surface area contributed by atoms with Crippen molar-refractivity contribution in [1.29, 1.82) is 0 Å². The smallest absolute Gasteiger partial charge is 0.338 e. The van der Waals surface area contributed by atoms with Crippen LogP contribution in [0.15, 0.2) is 40.6 Å². The van der Waals surface area contributed by atoms with Crippen LogP contribution in [0.4, 0.5) is 5.69 Å². The third-order valence-electron chi connectivity index (χ3n) is 4.23. The average Bonchev–Trinajstić information content (AvgIpc) is 2.53. The highest BCUT2D eigenvalue weighted by molar-refractivity contribution is 6.14. The number of aliphatic imine (C=N–C) groups is 1. The van der Waals surface area contributed by atoms with E-state index < -0.39 is 0 Å². The van der Waals surface area contributed by atoms with Gasteiger partial charge in [-0.05, 0) is 43.0 Å². The summed E-state index contributed by atoms with van der Waals surface area (Å²) in [5.74, 6) is -0.389. The van der Waals surface area contributed by atoms with Gasteiger partial charge in [-0.15, -0.1) is 0 Å². The maximum atomic E-state index is 12.1. The Balaban J connectivity index is 2.10. The molecule has 0 radical (unpaired) electrons. The molecule has 5 nitrogen and oxygen atoms in total. The minimum Gasteiger partial charge on any atom is -0.511 e. The number of esters is 1. The molecule has 0 aromatic heterocycles. The van der Waals surface area contributed by atoms with Crippen LogP contribution in [0.3, 0.4) is 0 Å². The van der Waals surface area contributed by atoms with E-state index in [4.69, 9.17) is 4.74 Å². The number of allylic oxidation sites excluding steroid dienone is 2. The van der Waals surface area contributed by atoms with E-state index in [1.54, 1.807) is 24.3 Å². The third kappa shape index (κ3) is 5.02. The van der Waals surface area contributed by atoms with Crippen molar-refractivity contribution in [3.8, 4) is 0 Å². The zero-order valence-electron chi connectivity index (χ0n) is 15.2. The van der Waals surface area contributed by atoms with Crippen molar-refractivity contribution in [3.63, 3.8) is 0 Å². The predicted octanol–water partition coefficient (Wildman–Crippen LogP) is 4.55. The van der Waals surface area contributed by atoms with Gasteiger partial charge < -0.3 is 9.84 Å². The third-order valence-corrected chi connectivity index (χ3v) is 4.23. The van der Waals surface area contributed by atoms with Gasteiger partial charge in [0.25, 0.3) is 0 Å². The molecular weight excluding hydrogens is 318 g/mol. The Hall–Kier alpha value is -2.43. The zero-order valence-corrected chi connectivity index (χ0v) is 15.2. The van der Waals surface area contributed by atoms with Gasteiger partial charge in [-0.1, -0.05) is 20.8 Å². The lowest BCUT2D eigenvalue weighted by atomic mass is 9.77. The summed E-state index contributed by atoms with van der Waals surface area (Å²) in [7, 11) is 0. The second-order valence-electron chi connectivity index (χ2n) is 7.23. The normalized spacial score (nSPS) is 18.5. The summed E-state index contributed by atoms with van der Waals surface area (Å²) in [4.78, 5) is 28.3. The molecule has 0 bridgehead atoms. The minimum absolute atomic E-state index is 0.0822. The van der Waals surface area contributed by atoms with Crippen molar-refractivity contribution in [3.05, 3.63) is 41.2 Å². The molecule has 0 saturated carbocycles. The van der Waals surface area contributed by atoms with E-state index in [1.807, 2.05) is 27.7 Å². The molecule has 1 aromatic carbocycles. The lowest BCUT2D eigenvalue weighted by molar-refractivity contribution is -0.117. The number of aliphatic hydroxyl groups is 1. The summed E-state index contributed by atoms with van der Waals surface area (Å²) in [6, 6.07) is 6.63. The Morgan fingerprint density at radius 2 is 1.96 bits per heavy atom. The molecule has 134 valence electrons. The van der Waals surface area contributed by atoms with Crippen LogP contribution in [-0.2, 0) is 9.53 Å². The molecule has 1 aliphatic carbocycles. The van der Waals surface area contributed by atoms with Gasteiger partial charge in [0, 0.05) is 19.1 Å². The highest BCUT2D eigenvalue weighted by Crippen LogP contribution is 2.35. The van der Waals surface area contributed by atoms with Crippen LogP contribution < -0.4 is 0 Å². The van der Waals surface area contributed by atoms with E-state index in [0.29, 0.717) is 24.1 Å². The van der Waals surface area contributed by atoms with E-state index >= 15 is 0 Å². The van der Waals surface area contributed by atoms with E-state index in [0.717, 1.165) is 6.42 Å². The first-order valence-corrected chi connectivity index (χ1v) is 8.52. The Kier molecular flexibility index (Phi) is 5.77. The fraction of sp³-hybridized carbons (Fsp3) is 0.450. The minimum atomic E-state index is -0.366. The highest BCUT2D eigenvalue weighted by Gasteiger charge is 2.32. The molecule has 1 N–H and O–H groups in total. The van der Waals surface area contributed by atoms with Crippen molar-refractivity contribution in [1.82, 2.24) is 0 Å². The summed E-state index contributed by atoms with van der Waals surface area (Å²) < 4.78 is 5.27. The van der Waals surface area contributed by atoms with Crippen molar-refractivity contribution in [2.75, 3.05) is 0 Å². The highest BCUT2D eigenvalue weighted by atomic mass is 16.5. The van der Waals surface area contributed by atoms with Crippen molar-refractivity contribution < 1.29 is 19.4 Å². The molecule has 5 heteroatoms. The quantitative estimate of drug-likeness (QED) is 0.629. The van der Waals surface area contributed by atoms with Crippen LogP contribution in [-0.4, -0.2) is 29.2 Å². The van der Waals surface area contributed by atoms with Gasteiger partial charge in [0.05, 0.1) is 22.9 Å². The maximum Gasteiger partial charge on any atom is 0.338 e. The fourth-order valence-corrected chi connectivity index (χ4v) is 2.61. The molecule has 0 saturated heterocycles. The second kappa shape index (κ2) is 7.64. The van der Waals surface area contributed by atoms with Crippen LogP contribution in [0.1, 0.15) is 57.3 Å². The predicted molar refractivity (Wildman–Crippen MR) is 97.4 cm³/mol. The lowest BCUT2D eigenvalue weighted by Gasteiger charge is -2.28. The first-order chi connectivity index (χ1) is 11.7. The number of carbonyl (C=O) groups is 2. The van der Waals surface area contributed by atoms with E-state index in [2.05, 4.69) is 4.99 Å². The van der Waals surface area contributed by atoms with E-state index in [1.165, 1.54) is 6.21 Å². The van der Waals surface area contributed by atoms with Crippen LogP contribution in [0.25, 0.3) is 0 Å². The molecule has 0 aliphatic heterocycles. The Labute approximate surface area is 148 Å². The van der Waals surface area contributed by atoms with Gasteiger partial charge >= 0.3 is 5.97 Å². The first kappa shape index (κ1) is 18.9. The van der Waals surface area contributed by atoms with Crippen LogP contribution in [0.2, 0.25) is 0 Å². The SMILES string of the molecule is CCC(C)OC(=O)c1ccc(N=CC2=C(O)CC(C)(C)CC2=O)cc1. The molecule has 1 unspecified atom stereocenters. The number of benzene rings is 1. The number of Topliss-reactive ketones (excluding diaryl/α,β-unsaturated/α-hetero) is 1. The second-order valence-corrected chi connectivity index (χ2v) is 7.23. The lowest BCUT2D eigenvalue weighted by Crippen LogP contribution is -2.26. The van der Waals surface area contributed by atoms with Crippen LogP contribution in [0, 0.1) is 5.41 Å². The number of hydrogen-bond acceptors (Lipinski definition) is 5. The number of rotatable bonds is 5.